The number of hydrogen-bond acceptors (Lipinski definition) is 15. The molecule has 15 heteroatoms. The van der Waals surface area contributed by atoms with Gasteiger partial charge in [-0.3, -0.25) is 24.0 Å². The van der Waals surface area contributed by atoms with E-state index < -0.39 is 73.1 Å². The van der Waals surface area contributed by atoms with Crippen LogP contribution in [0.5, 0.6) is 17.2 Å². The smallest absolute Gasteiger partial charge is 0.342 e. The first-order valence-corrected chi connectivity index (χ1v) is 13.3. The number of hydrogen-bond donors (Lipinski definition) is 0. The minimum atomic E-state index is -1.61. The fraction of sp³-hybridized carbons (Fsp3) is 0.448. The third-order valence-electron chi connectivity index (χ3n) is 6.45. The Bertz CT molecular complexity index is 1510. The minimum absolute atomic E-state index is 0.00395. The van der Waals surface area contributed by atoms with Gasteiger partial charge in [-0.25, -0.2) is 4.79 Å². The van der Waals surface area contributed by atoms with Crippen LogP contribution in [0.15, 0.2) is 18.2 Å². The number of rotatable bonds is 9. The van der Waals surface area contributed by atoms with Crippen LogP contribution in [-0.2, 0) is 59.0 Å². The summed E-state index contributed by atoms with van der Waals surface area (Å²) in [6, 6.07) is 4.63. The van der Waals surface area contributed by atoms with Gasteiger partial charge in [-0.2, -0.15) is 0 Å². The molecule has 2 aliphatic rings. The predicted molar refractivity (Wildman–Crippen MR) is 144 cm³/mol. The van der Waals surface area contributed by atoms with Crippen LogP contribution in [0.1, 0.15) is 50.5 Å². The molecule has 4 rings (SSSR count). The molecule has 0 aromatic heterocycles. The van der Waals surface area contributed by atoms with E-state index in [1.165, 1.54) is 13.2 Å². The molecule has 0 N–H and O–H groups in total. The molecule has 5 atom stereocenters. The average molecular weight is 619 g/mol. The van der Waals surface area contributed by atoms with E-state index in [9.17, 15) is 28.8 Å². The molecule has 1 saturated heterocycles. The predicted octanol–water partition coefficient (Wildman–Crippen LogP) is 1.91. The molecule has 1 fully saturated rings. The second-order valence-electron chi connectivity index (χ2n) is 9.82. The number of ether oxygens (including phenoxy) is 9. The number of methoxy groups -OCH3 is 1. The van der Waals surface area contributed by atoms with E-state index in [-0.39, 0.29) is 34.8 Å². The topological polar surface area (TPSA) is 185 Å². The molecule has 0 saturated carbocycles. The molecular weight excluding hydrogens is 588 g/mol. The van der Waals surface area contributed by atoms with Crippen molar-refractivity contribution in [1.82, 2.24) is 0 Å². The molecule has 0 aliphatic carbocycles. The van der Waals surface area contributed by atoms with Crippen LogP contribution in [0.3, 0.4) is 0 Å². The van der Waals surface area contributed by atoms with Crippen molar-refractivity contribution in [2.24, 2.45) is 0 Å². The molecule has 0 amide bonds. The Morgan fingerprint density at radius 2 is 1.45 bits per heavy atom. The lowest BCUT2D eigenvalue weighted by Gasteiger charge is -2.44. The highest BCUT2D eigenvalue weighted by Gasteiger charge is 2.53. The fourth-order valence-electron chi connectivity index (χ4n) is 4.92. The van der Waals surface area contributed by atoms with Crippen molar-refractivity contribution >= 4 is 46.6 Å². The maximum absolute atomic E-state index is 12.7. The van der Waals surface area contributed by atoms with E-state index in [0.717, 1.165) is 34.6 Å². The summed E-state index contributed by atoms with van der Waals surface area (Å²) in [5.74, 6) is -4.57. The van der Waals surface area contributed by atoms with Gasteiger partial charge in [-0.15, -0.1) is 0 Å². The van der Waals surface area contributed by atoms with Crippen molar-refractivity contribution in [3.63, 3.8) is 0 Å². The van der Waals surface area contributed by atoms with Gasteiger partial charge in [0.15, 0.2) is 18.0 Å². The lowest BCUT2D eigenvalue weighted by atomic mass is 9.97. The quantitative estimate of drug-likeness (QED) is 0.225. The van der Waals surface area contributed by atoms with Crippen LogP contribution >= 0.6 is 0 Å². The van der Waals surface area contributed by atoms with Gasteiger partial charge in [0.25, 0.3) is 0 Å². The lowest BCUT2D eigenvalue weighted by Crippen LogP contribution is -2.63. The zero-order valence-corrected chi connectivity index (χ0v) is 24.7. The summed E-state index contributed by atoms with van der Waals surface area (Å²) >= 11 is 0. The van der Waals surface area contributed by atoms with Gasteiger partial charge in [0.05, 0.1) is 12.5 Å². The molecule has 44 heavy (non-hydrogen) atoms. The number of esters is 6. The Balaban J connectivity index is 1.91. The van der Waals surface area contributed by atoms with Crippen LogP contribution in [0, 0.1) is 0 Å². The summed E-state index contributed by atoms with van der Waals surface area (Å²) in [6.07, 6.45) is -7.35. The van der Waals surface area contributed by atoms with E-state index >= 15 is 0 Å². The van der Waals surface area contributed by atoms with E-state index in [1.807, 2.05) is 0 Å². The number of cyclic esters (lactones) is 1. The molecule has 236 valence electrons. The van der Waals surface area contributed by atoms with Crippen molar-refractivity contribution in [1.29, 1.82) is 0 Å². The molecule has 2 aromatic carbocycles. The van der Waals surface area contributed by atoms with E-state index in [4.69, 9.17) is 42.6 Å². The largest absolute Gasteiger partial charge is 0.497 e. The van der Waals surface area contributed by atoms with Gasteiger partial charge < -0.3 is 42.6 Å². The van der Waals surface area contributed by atoms with Crippen molar-refractivity contribution in [3.8, 4) is 17.2 Å². The highest BCUT2D eigenvalue weighted by molar-refractivity contribution is 6.07. The van der Waals surface area contributed by atoms with Crippen molar-refractivity contribution < 1.29 is 71.4 Å². The highest BCUT2D eigenvalue weighted by Crippen LogP contribution is 2.45. The molecule has 0 bridgehead atoms. The summed E-state index contributed by atoms with van der Waals surface area (Å²) < 4.78 is 49.8. The molecule has 2 heterocycles. The number of benzene rings is 2. The maximum atomic E-state index is 12.7. The van der Waals surface area contributed by atoms with Crippen molar-refractivity contribution in [3.05, 3.63) is 29.3 Å². The standard InChI is InChI=1S/C29H30O15/c1-12(30)37-11-21-24(39-13(2)31)26(41-15(4)33)27(42-16(5)34)29(44-21)43-20-9-19(36-6)8-17-7-18-10-38-28(35)23(18)25(22(17)20)40-14(3)32/h7-9,21,24,26-27,29H,10-11H2,1-6H3. The van der Waals surface area contributed by atoms with Gasteiger partial charge in [-0.1, -0.05) is 0 Å². The Morgan fingerprint density at radius 3 is 2.05 bits per heavy atom. The number of carbonyl (C=O) groups is 6. The van der Waals surface area contributed by atoms with E-state index in [1.54, 1.807) is 12.1 Å². The number of fused-ring (bicyclic) bond motifs is 2. The van der Waals surface area contributed by atoms with Gasteiger partial charge in [0.1, 0.15) is 36.4 Å². The first kappa shape index (κ1) is 32.0. The van der Waals surface area contributed by atoms with E-state index in [2.05, 4.69) is 0 Å². The number of carbonyl (C=O) groups excluding carboxylic acids is 6. The highest BCUT2D eigenvalue weighted by atomic mass is 16.7. The summed E-state index contributed by atoms with van der Waals surface area (Å²) in [4.78, 5) is 72.9. The Morgan fingerprint density at radius 1 is 0.818 bits per heavy atom. The van der Waals surface area contributed by atoms with Gasteiger partial charge >= 0.3 is 35.8 Å². The third-order valence-corrected chi connectivity index (χ3v) is 6.45. The van der Waals surface area contributed by atoms with Gasteiger partial charge in [-0.05, 0) is 17.5 Å². The van der Waals surface area contributed by atoms with Crippen LogP contribution in [-0.4, -0.2) is 80.2 Å². The zero-order chi connectivity index (χ0) is 32.3. The second-order valence-corrected chi connectivity index (χ2v) is 9.82. The molecule has 0 spiro atoms. The first-order valence-electron chi connectivity index (χ1n) is 13.3. The van der Waals surface area contributed by atoms with Crippen molar-refractivity contribution in [2.45, 2.75) is 71.9 Å². The average Bonchev–Trinajstić information content (AvgIpc) is 3.29. The van der Waals surface area contributed by atoms with Crippen LogP contribution in [0.4, 0.5) is 0 Å². The monoisotopic (exact) mass is 618 g/mol. The lowest BCUT2D eigenvalue weighted by molar-refractivity contribution is -0.288. The normalized spacial score (nSPS) is 22.2. The summed E-state index contributed by atoms with van der Waals surface area (Å²) in [5, 5.41) is 0.546. The van der Waals surface area contributed by atoms with Gasteiger partial charge in [0, 0.05) is 46.2 Å². The third kappa shape index (κ3) is 6.99. The molecule has 2 aromatic rings. The van der Waals surface area contributed by atoms with Gasteiger partial charge in [0.2, 0.25) is 12.4 Å². The first-order chi connectivity index (χ1) is 20.8. The Hall–Kier alpha value is -4.92. The second kappa shape index (κ2) is 13.2. The molecule has 15 nitrogen and oxygen atoms in total. The Kier molecular flexibility index (Phi) is 9.57. The zero-order valence-electron chi connectivity index (χ0n) is 24.7. The summed E-state index contributed by atoms with van der Waals surface area (Å²) in [5.41, 5.74) is 0.453. The Labute approximate surface area is 250 Å². The maximum Gasteiger partial charge on any atom is 0.342 e. The molecular formula is C29H30O15. The summed E-state index contributed by atoms with van der Waals surface area (Å²) in [7, 11) is 1.40. The van der Waals surface area contributed by atoms with Crippen molar-refractivity contribution in [2.75, 3.05) is 13.7 Å². The van der Waals surface area contributed by atoms with Crippen LogP contribution < -0.4 is 14.2 Å². The van der Waals surface area contributed by atoms with E-state index in [0.29, 0.717) is 10.9 Å². The fourth-order valence-corrected chi connectivity index (χ4v) is 4.92. The summed E-state index contributed by atoms with van der Waals surface area (Å²) in [6.45, 7) is 5.02. The minimum Gasteiger partial charge on any atom is -0.497 e. The molecule has 2 aliphatic heterocycles. The van der Waals surface area contributed by atoms with Crippen LogP contribution in [0.25, 0.3) is 10.8 Å². The molecule has 0 radical (unpaired) electrons. The molecule has 5 unspecified atom stereocenters. The SMILES string of the molecule is COc1cc(OC2OC(COC(C)=O)C(OC(C)=O)C(OC(C)=O)C2OC(C)=O)c2c(OC(C)=O)c3c(cc2c1)COC3=O. The van der Waals surface area contributed by atoms with Crippen LogP contribution in [0.2, 0.25) is 0 Å².